The highest BCUT2D eigenvalue weighted by Gasteiger charge is 2.45. The number of anilines is 1. The van der Waals surface area contributed by atoms with E-state index in [1.807, 2.05) is 0 Å². The van der Waals surface area contributed by atoms with E-state index in [-0.39, 0.29) is 22.5 Å². The Bertz CT molecular complexity index is 929. The van der Waals surface area contributed by atoms with Crippen LogP contribution in [0.5, 0.6) is 0 Å². The van der Waals surface area contributed by atoms with Crippen molar-refractivity contribution in [2.45, 2.75) is 24.8 Å². The van der Waals surface area contributed by atoms with Crippen LogP contribution < -0.4 is 11.1 Å². The lowest BCUT2D eigenvalue weighted by Crippen LogP contribution is -2.31. The summed E-state index contributed by atoms with van der Waals surface area (Å²) in [5.74, 6) is 0.517. The van der Waals surface area contributed by atoms with Crippen molar-refractivity contribution < 1.29 is 9.18 Å². The van der Waals surface area contributed by atoms with Crippen LogP contribution in [-0.4, -0.2) is 29.2 Å². The van der Waals surface area contributed by atoms with Crippen LogP contribution in [0.3, 0.4) is 0 Å². The molecule has 1 fully saturated rings. The Morgan fingerprint density at radius 1 is 1.45 bits per heavy atom. The number of benzene rings is 1. The smallest absolute Gasteiger partial charge is 0.275 e. The number of rotatable bonds is 7. The Morgan fingerprint density at radius 2 is 2.24 bits per heavy atom. The molecule has 0 saturated heterocycles. The van der Waals surface area contributed by atoms with Gasteiger partial charge in [0, 0.05) is 29.1 Å². The second kappa shape index (κ2) is 9.43. The van der Waals surface area contributed by atoms with E-state index in [1.54, 1.807) is 17.8 Å². The summed E-state index contributed by atoms with van der Waals surface area (Å²) >= 11 is 13.5. The van der Waals surface area contributed by atoms with Crippen LogP contribution in [-0.2, 0) is 5.54 Å². The summed E-state index contributed by atoms with van der Waals surface area (Å²) < 4.78 is 14.8. The molecule has 1 saturated carbocycles. The minimum Gasteiger partial charge on any atom is -0.322 e. The summed E-state index contributed by atoms with van der Waals surface area (Å²) in [5, 5.41) is 3.19. The molecule has 3 N–H and O–H groups in total. The molecule has 2 atom stereocenters. The van der Waals surface area contributed by atoms with Crippen molar-refractivity contribution >= 4 is 53.3 Å². The zero-order valence-electron chi connectivity index (χ0n) is 15.6. The molecule has 154 valence electrons. The predicted octanol–water partition coefficient (Wildman–Crippen LogP) is 5.13. The Kier molecular flexibility index (Phi) is 7.16. The van der Waals surface area contributed by atoms with Crippen molar-refractivity contribution in [3.63, 3.8) is 0 Å². The SMILES string of the molecule is C=NC1(c2cc(NC(=O)c3ncc(Cl)cc3Cl)ccc2F)CCCC1CSCN. The minimum atomic E-state index is -0.733. The topological polar surface area (TPSA) is 80.4 Å². The maximum atomic E-state index is 14.8. The van der Waals surface area contributed by atoms with Gasteiger partial charge in [0.1, 0.15) is 11.5 Å². The van der Waals surface area contributed by atoms with Gasteiger partial charge < -0.3 is 11.1 Å². The predicted molar refractivity (Wildman–Crippen MR) is 119 cm³/mol. The molecule has 1 aromatic carbocycles. The number of amides is 1. The number of aromatic nitrogens is 1. The van der Waals surface area contributed by atoms with E-state index in [4.69, 9.17) is 28.9 Å². The minimum absolute atomic E-state index is 0.0385. The van der Waals surface area contributed by atoms with Crippen molar-refractivity contribution in [1.29, 1.82) is 0 Å². The molecule has 9 heteroatoms. The van der Waals surface area contributed by atoms with E-state index in [0.29, 0.717) is 28.6 Å². The van der Waals surface area contributed by atoms with E-state index in [2.05, 4.69) is 22.0 Å². The average molecular weight is 455 g/mol. The molecule has 2 unspecified atom stereocenters. The number of carbonyl (C=O) groups excluding carboxylic acids is 1. The van der Waals surface area contributed by atoms with Crippen LogP contribution >= 0.6 is 35.0 Å². The van der Waals surface area contributed by atoms with Crippen LogP contribution in [0, 0.1) is 11.7 Å². The first-order valence-electron chi connectivity index (χ1n) is 9.09. The zero-order valence-corrected chi connectivity index (χ0v) is 18.0. The normalized spacial score (nSPS) is 21.2. The lowest BCUT2D eigenvalue weighted by atomic mass is 9.81. The van der Waals surface area contributed by atoms with E-state index in [0.717, 1.165) is 18.6 Å². The number of carbonyl (C=O) groups is 1. The molecule has 1 aliphatic rings. The molecule has 29 heavy (non-hydrogen) atoms. The van der Waals surface area contributed by atoms with Gasteiger partial charge in [0.2, 0.25) is 0 Å². The van der Waals surface area contributed by atoms with Crippen LogP contribution in [0.15, 0.2) is 35.5 Å². The number of halogens is 3. The number of nitrogens with one attached hydrogen (secondary N) is 1. The molecule has 0 spiro atoms. The Balaban J connectivity index is 1.91. The fourth-order valence-electron chi connectivity index (χ4n) is 3.85. The molecule has 1 heterocycles. The molecule has 1 amide bonds. The Labute approximate surface area is 183 Å². The standard InChI is InChI=1S/C20H21Cl2FN4OS/c1-25-20(6-2-3-12(20)10-29-11-24)15-8-14(4-5-17(15)23)27-19(28)18-16(22)7-13(21)9-26-18/h4-5,7-9,12H,1-3,6,10-11,24H2,(H,27,28). The summed E-state index contributed by atoms with van der Waals surface area (Å²) in [6.45, 7) is 3.76. The maximum absolute atomic E-state index is 14.8. The number of nitrogens with zero attached hydrogens (tertiary/aromatic N) is 2. The second-order valence-electron chi connectivity index (χ2n) is 6.84. The first kappa shape index (κ1) is 22.0. The lowest BCUT2D eigenvalue weighted by Gasteiger charge is -2.32. The van der Waals surface area contributed by atoms with Gasteiger partial charge in [-0.15, -0.1) is 11.8 Å². The number of thioether (sulfide) groups is 1. The average Bonchev–Trinajstić information content (AvgIpc) is 3.11. The van der Waals surface area contributed by atoms with E-state index in [9.17, 15) is 9.18 Å². The first-order valence-corrected chi connectivity index (χ1v) is 11.0. The van der Waals surface area contributed by atoms with Crippen molar-refractivity contribution in [3.8, 4) is 0 Å². The molecule has 1 aromatic heterocycles. The number of pyridine rings is 1. The van der Waals surface area contributed by atoms with E-state index >= 15 is 0 Å². The molecule has 0 radical (unpaired) electrons. The lowest BCUT2D eigenvalue weighted by molar-refractivity contribution is 0.102. The van der Waals surface area contributed by atoms with Gasteiger partial charge in [0.05, 0.1) is 15.6 Å². The second-order valence-corrected chi connectivity index (χ2v) is 8.76. The van der Waals surface area contributed by atoms with Crippen molar-refractivity contribution in [1.82, 2.24) is 4.98 Å². The number of nitrogens with two attached hydrogens (primary N) is 1. The van der Waals surface area contributed by atoms with Gasteiger partial charge in [-0.2, -0.15) is 0 Å². The van der Waals surface area contributed by atoms with Gasteiger partial charge in [0.25, 0.3) is 5.91 Å². The molecule has 2 aromatic rings. The maximum Gasteiger partial charge on any atom is 0.275 e. The zero-order chi connectivity index (χ0) is 21.0. The highest BCUT2D eigenvalue weighted by atomic mass is 35.5. The molecule has 5 nitrogen and oxygen atoms in total. The summed E-state index contributed by atoms with van der Waals surface area (Å²) in [7, 11) is 0. The monoisotopic (exact) mass is 454 g/mol. The number of hydrogen-bond donors (Lipinski definition) is 2. The van der Waals surface area contributed by atoms with Crippen LogP contribution in [0.4, 0.5) is 10.1 Å². The van der Waals surface area contributed by atoms with Crippen molar-refractivity contribution in [2.24, 2.45) is 16.6 Å². The highest BCUT2D eigenvalue weighted by Crippen LogP contribution is 2.49. The number of aliphatic imine (C=N–C) groups is 1. The van der Waals surface area contributed by atoms with E-state index < -0.39 is 11.4 Å². The quantitative estimate of drug-likeness (QED) is 0.448. The third-order valence-corrected chi connectivity index (χ3v) is 6.59. The third-order valence-electron chi connectivity index (χ3n) is 5.22. The van der Waals surface area contributed by atoms with Crippen molar-refractivity contribution in [3.05, 3.63) is 57.6 Å². The van der Waals surface area contributed by atoms with Gasteiger partial charge in [-0.3, -0.25) is 9.79 Å². The van der Waals surface area contributed by atoms with E-state index in [1.165, 1.54) is 24.4 Å². The van der Waals surface area contributed by atoms with Crippen LogP contribution in [0.1, 0.15) is 35.3 Å². The molecular formula is C20H21Cl2FN4OS. The highest BCUT2D eigenvalue weighted by molar-refractivity contribution is 7.99. The molecule has 3 rings (SSSR count). The molecular weight excluding hydrogens is 434 g/mol. The summed E-state index contributed by atoms with van der Waals surface area (Å²) in [6.07, 6.45) is 3.89. The largest absolute Gasteiger partial charge is 0.322 e. The van der Waals surface area contributed by atoms with Crippen LogP contribution in [0.2, 0.25) is 10.0 Å². The summed E-state index contributed by atoms with van der Waals surface area (Å²) in [5.41, 5.74) is 5.80. The van der Waals surface area contributed by atoms with Crippen LogP contribution in [0.25, 0.3) is 0 Å². The van der Waals surface area contributed by atoms with Crippen molar-refractivity contribution in [2.75, 3.05) is 16.9 Å². The van der Waals surface area contributed by atoms with Gasteiger partial charge >= 0.3 is 0 Å². The Morgan fingerprint density at radius 3 is 2.93 bits per heavy atom. The fourth-order valence-corrected chi connectivity index (χ4v) is 5.18. The summed E-state index contributed by atoms with van der Waals surface area (Å²) in [6, 6.07) is 5.89. The summed E-state index contributed by atoms with van der Waals surface area (Å²) in [4.78, 5) is 20.9. The molecule has 0 aliphatic heterocycles. The Hall–Kier alpha value is -1.67. The fraction of sp³-hybridized carbons (Fsp3) is 0.350. The number of hydrogen-bond acceptors (Lipinski definition) is 5. The van der Waals surface area contributed by atoms with Gasteiger partial charge in [-0.05, 0) is 49.7 Å². The molecule has 1 aliphatic carbocycles. The van der Waals surface area contributed by atoms with Gasteiger partial charge in [-0.1, -0.05) is 29.6 Å². The van der Waals surface area contributed by atoms with Gasteiger partial charge in [-0.25, -0.2) is 9.37 Å². The third kappa shape index (κ3) is 4.58. The first-order chi connectivity index (χ1) is 13.9. The molecule has 0 bridgehead atoms. The van der Waals surface area contributed by atoms with Gasteiger partial charge in [0.15, 0.2) is 0 Å².